The fraction of sp³-hybridized carbons (Fsp3) is 0.800. The Morgan fingerprint density at radius 1 is 0.667 bits per heavy atom. The average Bonchev–Trinajstić information content (AvgIpc) is 2.40. The molecule has 0 unspecified atom stereocenters. The van der Waals surface area contributed by atoms with Crippen molar-refractivity contribution in [3.05, 3.63) is 0 Å². The maximum Gasteiger partial charge on any atom is 0.408 e. The van der Waals surface area contributed by atoms with E-state index >= 15 is 0 Å². The van der Waals surface area contributed by atoms with Crippen molar-refractivity contribution >= 4 is 24.1 Å². The number of amides is 3. The smallest absolute Gasteiger partial charge is 0.408 e. The molecule has 0 radical (unpaired) electrons. The largest absolute Gasteiger partial charge is 0.480 e. The van der Waals surface area contributed by atoms with Gasteiger partial charge in [0, 0.05) is 14.1 Å². The van der Waals surface area contributed by atoms with Crippen LogP contribution >= 0.6 is 0 Å². The summed E-state index contributed by atoms with van der Waals surface area (Å²) in [5.74, 6) is -1.29. The lowest BCUT2D eigenvalue weighted by Gasteiger charge is -2.29. The molecule has 0 spiro atoms. The molecule has 0 saturated heterocycles. The third-order valence-corrected chi connectivity index (χ3v) is 3.10. The van der Waals surface area contributed by atoms with E-state index in [-0.39, 0.29) is 5.91 Å². The third-order valence-electron chi connectivity index (χ3n) is 3.10. The van der Waals surface area contributed by atoms with Gasteiger partial charge in [-0.15, -0.1) is 0 Å². The van der Waals surface area contributed by atoms with Crippen LogP contribution < -0.4 is 10.6 Å². The lowest BCUT2D eigenvalue weighted by atomic mass is 10.0. The van der Waals surface area contributed by atoms with Crippen LogP contribution in [0.4, 0.5) is 9.59 Å². The molecule has 0 heterocycles. The maximum absolute atomic E-state index is 11.7. The van der Waals surface area contributed by atoms with Gasteiger partial charge in [0.15, 0.2) is 0 Å². The topological polar surface area (TPSA) is 134 Å². The molecule has 0 rings (SSSR count). The van der Waals surface area contributed by atoms with Crippen molar-refractivity contribution in [3.8, 4) is 0 Å². The molecule has 10 nitrogen and oxygen atoms in total. The number of alkyl carbamates (subject to hydrolysis) is 2. The van der Waals surface area contributed by atoms with Gasteiger partial charge in [0.25, 0.3) is 0 Å². The number of ether oxygens (including phenoxy) is 2. The highest BCUT2D eigenvalue weighted by Gasteiger charge is 2.33. The van der Waals surface area contributed by atoms with Crippen molar-refractivity contribution in [3.63, 3.8) is 0 Å². The van der Waals surface area contributed by atoms with Crippen molar-refractivity contribution in [2.24, 2.45) is 0 Å². The van der Waals surface area contributed by atoms with Gasteiger partial charge in [-0.05, 0) is 69.2 Å². The third kappa shape index (κ3) is 13.6. The summed E-state index contributed by atoms with van der Waals surface area (Å²) in [4.78, 5) is 46.5. The van der Waals surface area contributed by atoms with Crippen LogP contribution in [0.2, 0.25) is 0 Å². The summed E-state index contributed by atoms with van der Waals surface area (Å²) in [5.41, 5.74) is -3.48. The quantitative estimate of drug-likeness (QED) is 0.620. The van der Waals surface area contributed by atoms with Crippen molar-refractivity contribution in [1.82, 2.24) is 15.5 Å². The van der Waals surface area contributed by atoms with Crippen molar-refractivity contribution in [2.45, 2.75) is 91.5 Å². The second-order valence-corrected chi connectivity index (χ2v) is 10.0. The molecule has 0 aromatic carbocycles. The van der Waals surface area contributed by atoms with E-state index < -0.39 is 40.4 Å². The first-order valence-electron chi connectivity index (χ1n) is 9.47. The average molecular weight is 434 g/mol. The fourth-order valence-electron chi connectivity index (χ4n) is 1.78. The zero-order valence-corrected chi connectivity index (χ0v) is 20.3. The Morgan fingerprint density at radius 3 is 1.20 bits per heavy atom. The van der Waals surface area contributed by atoms with Crippen LogP contribution in [0.3, 0.4) is 0 Å². The summed E-state index contributed by atoms with van der Waals surface area (Å²) < 4.78 is 9.99. The Kier molecular flexibility index (Phi) is 10.4. The standard InChI is InChI=1S/C11H22N2O3.C9H17NO4/c1-10(2,3)16-9(15)12-11(4,5)8(14)13(6)7;1-8(2,3)14-7(13)10-9(4,5)6(11)12/h1-7H3,(H,12,15);1-5H3,(H,10,13)(H,11,12). The SMILES string of the molecule is CC(C)(C)OC(=O)NC(C)(C)C(=O)O.CN(C)C(=O)C(C)(C)NC(=O)OC(C)(C)C. The minimum atomic E-state index is -1.32. The Morgan fingerprint density at radius 2 is 0.967 bits per heavy atom. The van der Waals surface area contributed by atoms with E-state index in [1.807, 2.05) is 0 Å². The first kappa shape index (κ1) is 29.7. The number of rotatable bonds is 4. The molecular weight excluding hydrogens is 394 g/mol. The van der Waals surface area contributed by atoms with Gasteiger partial charge in [0.2, 0.25) is 5.91 Å². The molecule has 0 aliphatic rings. The van der Waals surface area contributed by atoms with Gasteiger partial charge in [-0.25, -0.2) is 14.4 Å². The van der Waals surface area contributed by atoms with Crippen LogP contribution in [0.15, 0.2) is 0 Å². The van der Waals surface area contributed by atoms with E-state index in [2.05, 4.69) is 10.6 Å². The van der Waals surface area contributed by atoms with Gasteiger partial charge in [0.1, 0.15) is 22.3 Å². The van der Waals surface area contributed by atoms with E-state index in [4.69, 9.17) is 14.6 Å². The molecule has 0 aliphatic carbocycles. The number of hydrogen-bond donors (Lipinski definition) is 3. The van der Waals surface area contributed by atoms with Crippen LogP contribution in [-0.4, -0.2) is 70.4 Å². The normalized spacial score (nSPS) is 12.0. The van der Waals surface area contributed by atoms with Crippen molar-refractivity contribution in [2.75, 3.05) is 14.1 Å². The molecule has 10 heteroatoms. The maximum atomic E-state index is 11.7. The lowest BCUT2D eigenvalue weighted by Crippen LogP contribution is -2.55. The van der Waals surface area contributed by atoms with Crippen LogP contribution in [0, 0.1) is 0 Å². The predicted octanol–water partition coefficient (Wildman–Crippen LogP) is 2.75. The first-order chi connectivity index (χ1) is 13.0. The van der Waals surface area contributed by atoms with E-state index in [1.54, 1.807) is 69.5 Å². The molecule has 0 aliphatic heterocycles. The highest BCUT2D eigenvalue weighted by molar-refractivity contribution is 5.88. The number of aliphatic carboxylic acids is 1. The first-order valence-corrected chi connectivity index (χ1v) is 9.47. The summed E-state index contributed by atoms with van der Waals surface area (Å²) in [6.07, 6.45) is -1.32. The summed E-state index contributed by atoms with van der Waals surface area (Å²) >= 11 is 0. The number of carbonyl (C=O) groups excluding carboxylic acids is 3. The number of carboxylic acids is 1. The number of carbonyl (C=O) groups is 4. The van der Waals surface area contributed by atoms with Crippen LogP contribution in [0.25, 0.3) is 0 Å². The molecule has 0 aromatic heterocycles. The number of carboxylic acid groups (broad SMARTS) is 1. The van der Waals surface area contributed by atoms with Gasteiger partial charge in [-0.2, -0.15) is 0 Å². The van der Waals surface area contributed by atoms with E-state index in [0.29, 0.717) is 0 Å². The second-order valence-electron chi connectivity index (χ2n) is 10.0. The van der Waals surface area contributed by atoms with Gasteiger partial charge in [-0.1, -0.05) is 0 Å². The summed E-state index contributed by atoms with van der Waals surface area (Å²) in [7, 11) is 3.28. The molecule has 0 bridgehead atoms. The van der Waals surface area contributed by atoms with E-state index in [0.717, 1.165) is 0 Å². The summed E-state index contributed by atoms with van der Waals surface area (Å²) in [6.45, 7) is 16.5. The fourth-order valence-corrected chi connectivity index (χ4v) is 1.78. The van der Waals surface area contributed by atoms with Gasteiger partial charge in [0.05, 0.1) is 0 Å². The molecule has 0 aromatic rings. The molecule has 0 atom stereocenters. The Labute approximate surface area is 179 Å². The monoisotopic (exact) mass is 433 g/mol. The number of hydrogen-bond acceptors (Lipinski definition) is 6. The number of likely N-dealkylation sites (N-methyl/N-ethyl adjacent to an activating group) is 1. The highest BCUT2D eigenvalue weighted by atomic mass is 16.6. The Hall–Kier alpha value is -2.52. The van der Waals surface area contributed by atoms with E-state index in [1.165, 1.54) is 18.7 Å². The second kappa shape index (κ2) is 10.5. The Balaban J connectivity index is 0. The molecule has 176 valence electrons. The highest BCUT2D eigenvalue weighted by Crippen LogP contribution is 2.11. The minimum Gasteiger partial charge on any atom is -0.480 e. The lowest BCUT2D eigenvalue weighted by molar-refractivity contribution is -0.143. The number of nitrogens with zero attached hydrogens (tertiary/aromatic N) is 1. The molecule has 30 heavy (non-hydrogen) atoms. The Bertz CT molecular complexity index is 627. The summed E-state index contributed by atoms with van der Waals surface area (Å²) in [6, 6.07) is 0. The summed E-state index contributed by atoms with van der Waals surface area (Å²) in [5, 5.41) is 13.5. The van der Waals surface area contributed by atoms with Gasteiger partial charge in [-0.3, -0.25) is 4.79 Å². The van der Waals surface area contributed by atoms with Gasteiger partial charge >= 0.3 is 18.2 Å². The van der Waals surface area contributed by atoms with Crippen LogP contribution in [0.1, 0.15) is 69.2 Å². The van der Waals surface area contributed by atoms with Crippen LogP contribution in [0.5, 0.6) is 0 Å². The van der Waals surface area contributed by atoms with Crippen molar-refractivity contribution < 1.29 is 33.8 Å². The molecule has 3 N–H and O–H groups in total. The number of nitrogens with one attached hydrogen (secondary N) is 2. The predicted molar refractivity (Wildman–Crippen MR) is 113 cm³/mol. The van der Waals surface area contributed by atoms with E-state index in [9.17, 15) is 19.2 Å². The molecule has 3 amide bonds. The molecule has 0 fully saturated rings. The zero-order valence-electron chi connectivity index (χ0n) is 20.3. The van der Waals surface area contributed by atoms with Crippen molar-refractivity contribution in [1.29, 1.82) is 0 Å². The molecule has 0 saturated carbocycles. The molecular formula is C20H39N3O7. The van der Waals surface area contributed by atoms with Crippen LogP contribution in [-0.2, 0) is 19.1 Å². The zero-order chi connectivity index (χ0) is 24.7. The minimum absolute atomic E-state index is 0.182. The van der Waals surface area contributed by atoms with Gasteiger partial charge < -0.3 is 30.1 Å².